The van der Waals surface area contributed by atoms with Crippen molar-refractivity contribution in [1.29, 1.82) is 0 Å². The van der Waals surface area contributed by atoms with Crippen LogP contribution in [0.5, 0.6) is 23.0 Å². The van der Waals surface area contributed by atoms with Crippen molar-refractivity contribution in [3.63, 3.8) is 0 Å². The molecule has 0 spiro atoms. The summed E-state index contributed by atoms with van der Waals surface area (Å²) in [6, 6.07) is 13.9. The van der Waals surface area contributed by atoms with Crippen LogP contribution in [0.15, 0.2) is 48.5 Å². The number of benzene rings is 2. The standard InChI is InChI=1S/C17H20NO7/c1-21-13-3-7-15(8-4-13)23-11-17(12-24-18(19)20)25-16-9-5-14(22-2)6-10-16/h3-10,17H,11-12H2,1-2H3,(H,19,20)/q+1. The van der Waals surface area contributed by atoms with Gasteiger partial charge in [0.25, 0.3) is 0 Å². The van der Waals surface area contributed by atoms with Crippen molar-refractivity contribution in [2.75, 3.05) is 27.4 Å². The molecule has 0 aromatic heterocycles. The van der Waals surface area contributed by atoms with Gasteiger partial charge in [0.2, 0.25) is 6.61 Å². The van der Waals surface area contributed by atoms with E-state index in [1.807, 2.05) is 0 Å². The lowest BCUT2D eigenvalue weighted by Gasteiger charge is -2.17. The quantitative estimate of drug-likeness (QED) is 0.659. The number of ether oxygens (including phenoxy) is 4. The van der Waals surface area contributed by atoms with Crippen LogP contribution in [0.1, 0.15) is 0 Å². The molecular formula is C17H20NO7+. The Kier molecular flexibility index (Phi) is 6.70. The minimum Gasteiger partial charge on any atom is -0.497 e. The summed E-state index contributed by atoms with van der Waals surface area (Å²) in [5, 5.41) is 7.99. The summed E-state index contributed by atoms with van der Waals surface area (Å²) >= 11 is 0. The average molecular weight is 350 g/mol. The molecule has 0 aliphatic rings. The van der Waals surface area contributed by atoms with E-state index in [0.717, 1.165) is 0 Å². The highest BCUT2D eigenvalue weighted by Gasteiger charge is 2.18. The molecule has 0 aliphatic carbocycles. The maximum Gasteiger partial charge on any atom is 0.475 e. The van der Waals surface area contributed by atoms with Gasteiger partial charge in [0.1, 0.15) is 34.5 Å². The molecule has 0 aliphatic heterocycles. The Bertz CT molecular complexity index is 658. The molecule has 0 saturated carbocycles. The molecule has 1 unspecified atom stereocenters. The van der Waals surface area contributed by atoms with Crippen LogP contribution in [-0.4, -0.2) is 43.8 Å². The van der Waals surface area contributed by atoms with Crippen LogP contribution in [-0.2, 0) is 4.84 Å². The topological polar surface area (TPSA) is 86.5 Å². The summed E-state index contributed by atoms with van der Waals surface area (Å²) in [5.41, 5.74) is 0. The fourth-order valence-corrected chi connectivity index (χ4v) is 1.97. The summed E-state index contributed by atoms with van der Waals surface area (Å²) in [6.07, 6.45) is -0.626. The number of rotatable bonds is 10. The molecule has 25 heavy (non-hydrogen) atoms. The van der Waals surface area contributed by atoms with E-state index < -0.39 is 11.2 Å². The Morgan fingerprint density at radius 1 is 0.840 bits per heavy atom. The van der Waals surface area contributed by atoms with E-state index in [4.69, 9.17) is 24.2 Å². The zero-order valence-corrected chi connectivity index (χ0v) is 14.0. The first-order valence-corrected chi connectivity index (χ1v) is 7.47. The van der Waals surface area contributed by atoms with Crippen molar-refractivity contribution in [2.45, 2.75) is 6.10 Å². The maximum atomic E-state index is 10.6. The van der Waals surface area contributed by atoms with Gasteiger partial charge in [-0.25, -0.2) is 5.21 Å². The fraction of sp³-hybridized carbons (Fsp3) is 0.294. The second kappa shape index (κ2) is 9.21. The highest BCUT2D eigenvalue weighted by molar-refractivity contribution is 5.32. The molecule has 0 radical (unpaired) electrons. The lowest BCUT2D eigenvalue weighted by molar-refractivity contribution is -0.976. The molecule has 134 valence electrons. The second-order valence-electron chi connectivity index (χ2n) is 4.94. The van der Waals surface area contributed by atoms with Crippen LogP contribution < -0.4 is 18.9 Å². The predicted molar refractivity (Wildman–Crippen MR) is 87.3 cm³/mol. The Balaban J connectivity index is 1.96. The third kappa shape index (κ3) is 6.09. The Morgan fingerprint density at radius 3 is 1.80 bits per heavy atom. The monoisotopic (exact) mass is 350 g/mol. The zero-order valence-electron chi connectivity index (χ0n) is 14.0. The number of hydrogen-bond donors (Lipinski definition) is 1. The van der Waals surface area contributed by atoms with Gasteiger partial charge in [-0.05, 0) is 48.5 Å². The van der Waals surface area contributed by atoms with Crippen LogP contribution in [0, 0.1) is 4.91 Å². The molecule has 0 saturated heterocycles. The lowest BCUT2D eigenvalue weighted by Crippen LogP contribution is -2.31. The highest BCUT2D eigenvalue weighted by Crippen LogP contribution is 2.20. The summed E-state index contributed by atoms with van der Waals surface area (Å²) < 4.78 is 21.5. The number of methoxy groups -OCH3 is 2. The Hall–Kier alpha value is -3.16. The van der Waals surface area contributed by atoms with Gasteiger partial charge in [-0.3, -0.25) is 0 Å². The van der Waals surface area contributed by atoms with Crippen molar-refractivity contribution < 1.29 is 34.1 Å². The smallest absolute Gasteiger partial charge is 0.475 e. The number of hydrogen-bond acceptors (Lipinski definition) is 6. The fourth-order valence-electron chi connectivity index (χ4n) is 1.97. The van der Waals surface area contributed by atoms with E-state index >= 15 is 0 Å². The van der Waals surface area contributed by atoms with Crippen LogP contribution in [0.25, 0.3) is 0 Å². The molecule has 2 rings (SSSR count). The first-order valence-electron chi connectivity index (χ1n) is 7.47. The van der Waals surface area contributed by atoms with Gasteiger partial charge in [-0.15, -0.1) is 0 Å². The summed E-state index contributed by atoms with van der Waals surface area (Å²) in [7, 11) is 3.15. The molecule has 1 atom stereocenters. The van der Waals surface area contributed by atoms with Gasteiger partial charge >= 0.3 is 5.09 Å². The second-order valence-corrected chi connectivity index (χ2v) is 4.94. The van der Waals surface area contributed by atoms with E-state index in [-0.39, 0.29) is 13.2 Å². The van der Waals surface area contributed by atoms with Crippen LogP contribution in [0.3, 0.4) is 0 Å². The van der Waals surface area contributed by atoms with Gasteiger partial charge in [-0.2, -0.15) is 4.84 Å². The predicted octanol–water partition coefficient (Wildman–Crippen LogP) is 2.63. The first-order chi connectivity index (χ1) is 12.1. The largest absolute Gasteiger partial charge is 0.497 e. The first kappa shape index (κ1) is 18.2. The lowest BCUT2D eigenvalue weighted by atomic mass is 10.3. The summed E-state index contributed by atoms with van der Waals surface area (Å²) in [4.78, 5) is 15.1. The van der Waals surface area contributed by atoms with Crippen molar-refractivity contribution in [3.05, 3.63) is 53.4 Å². The van der Waals surface area contributed by atoms with E-state index in [9.17, 15) is 4.91 Å². The molecule has 8 heteroatoms. The normalized spacial score (nSPS) is 11.3. The van der Waals surface area contributed by atoms with Crippen LogP contribution >= 0.6 is 0 Å². The zero-order chi connectivity index (χ0) is 18.1. The molecule has 8 nitrogen and oxygen atoms in total. The molecule has 2 aromatic carbocycles. The van der Waals surface area contributed by atoms with E-state index in [0.29, 0.717) is 23.0 Å². The molecule has 0 amide bonds. The molecular weight excluding hydrogens is 330 g/mol. The third-order valence-corrected chi connectivity index (χ3v) is 3.23. The van der Waals surface area contributed by atoms with Crippen molar-refractivity contribution in [2.24, 2.45) is 0 Å². The van der Waals surface area contributed by atoms with Gasteiger partial charge < -0.3 is 18.9 Å². The Morgan fingerprint density at radius 2 is 1.32 bits per heavy atom. The SMILES string of the molecule is COc1ccc(OCC(CO[N+](=O)O)Oc2ccc(OC)cc2)cc1. The van der Waals surface area contributed by atoms with E-state index in [1.165, 1.54) is 0 Å². The van der Waals surface area contributed by atoms with Gasteiger partial charge in [0, 0.05) is 0 Å². The van der Waals surface area contributed by atoms with Crippen molar-refractivity contribution in [3.8, 4) is 23.0 Å². The Labute approximate surface area is 144 Å². The summed E-state index contributed by atoms with van der Waals surface area (Å²) in [5.74, 6) is 2.55. The molecule has 0 fully saturated rings. The molecule has 2 aromatic rings. The van der Waals surface area contributed by atoms with Crippen molar-refractivity contribution in [1.82, 2.24) is 0 Å². The summed E-state index contributed by atoms with van der Waals surface area (Å²) in [6.45, 7) is -0.0889. The van der Waals surface area contributed by atoms with Gasteiger partial charge in [0.15, 0.2) is 6.10 Å². The van der Waals surface area contributed by atoms with Crippen LogP contribution in [0.4, 0.5) is 0 Å². The number of nitrogens with zero attached hydrogens (tertiary/aromatic N) is 1. The highest BCUT2D eigenvalue weighted by atomic mass is 17.0. The minimum absolute atomic E-state index is 0.103. The maximum absolute atomic E-state index is 10.6. The van der Waals surface area contributed by atoms with Crippen molar-refractivity contribution >= 4 is 0 Å². The van der Waals surface area contributed by atoms with Crippen LogP contribution in [0.2, 0.25) is 0 Å². The average Bonchev–Trinajstić information content (AvgIpc) is 2.64. The third-order valence-electron chi connectivity index (χ3n) is 3.23. The minimum atomic E-state index is -0.626. The van der Waals surface area contributed by atoms with Gasteiger partial charge in [0.05, 0.1) is 14.2 Å². The molecule has 0 bridgehead atoms. The molecule has 1 N–H and O–H groups in total. The van der Waals surface area contributed by atoms with E-state index in [1.54, 1.807) is 62.8 Å². The molecule has 0 heterocycles. The van der Waals surface area contributed by atoms with Gasteiger partial charge in [-0.1, -0.05) is 0 Å². The van der Waals surface area contributed by atoms with E-state index in [2.05, 4.69) is 4.84 Å².